The van der Waals surface area contributed by atoms with E-state index in [4.69, 9.17) is 9.47 Å². The van der Waals surface area contributed by atoms with Gasteiger partial charge in [-0.1, -0.05) is 12.1 Å². The van der Waals surface area contributed by atoms with E-state index in [1.54, 1.807) is 7.11 Å². The van der Waals surface area contributed by atoms with Crippen LogP contribution in [0.5, 0.6) is 5.75 Å². The second-order valence-corrected chi connectivity index (χ2v) is 5.22. The Hall–Kier alpha value is -1.10. The predicted molar refractivity (Wildman–Crippen MR) is 69.5 cm³/mol. The van der Waals surface area contributed by atoms with Crippen molar-refractivity contribution in [3.63, 3.8) is 0 Å². The molecule has 4 nitrogen and oxygen atoms in total. The lowest BCUT2D eigenvalue weighted by Gasteiger charge is -2.22. The second kappa shape index (κ2) is 4.88. The van der Waals surface area contributed by atoms with Crippen molar-refractivity contribution in [3.05, 3.63) is 29.8 Å². The van der Waals surface area contributed by atoms with Crippen LogP contribution in [0.1, 0.15) is 32.4 Å². The van der Waals surface area contributed by atoms with Crippen molar-refractivity contribution in [2.24, 2.45) is 0 Å². The molecule has 1 fully saturated rings. The van der Waals surface area contributed by atoms with Crippen LogP contribution in [0.15, 0.2) is 24.3 Å². The zero-order chi connectivity index (χ0) is 13.3. The van der Waals surface area contributed by atoms with E-state index in [0.29, 0.717) is 0 Å². The zero-order valence-electron chi connectivity index (χ0n) is 11.3. The standard InChI is InChI=1S/C14H21NO3/c1-9-12(15-14(2,3)18-9)13(16)10-5-7-11(17-4)8-6-10/h5-9,12-13,15-16H,1-4H3/t9-,12+,13-/m1/s1. The van der Waals surface area contributed by atoms with Crippen molar-refractivity contribution in [1.29, 1.82) is 0 Å². The fourth-order valence-corrected chi connectivity index (χ4v) is 2.43. The van der Waals surface area contributed by atoms with E-state index >= 15 is 0 Å². The van der Waals surface area contributed by atoms with E-state index in [1.807, 2.05) is 45.0 Å². The molecule has 0 unspecified atom stereocenters. The van der Waals surface area contributed by atoms with Gasteiger partial charge in [0, 0.05) is 0 Å². The quantitative estimate of drug-likeness (QED) is 0.860. The summed E-state index contributed by atoms with van der Waals surface area (Å²) in [5, 5.41) is 13.7. The lowest BCUT2D eigenvalue weighted by atomic mass is 9.99. The summed E-state index contributed by atoms with van der Waals surface area (Å²) < 4.78 is 10.9. The van der Waals surface area contributed by atoms with Crippen LogP contribution in [0.2, 0.25) is 0 Å². The molecule has 1 aromatic carbocycles. The molecule has 18 heavy (non-hydrogen) atoms. The Morgan fingerprint density at radius 2 is 1.94 bits per heavy atom. The highest BCUT2D eigenvalue weighted by Gasteiger charge is 2.40. The lowest BCUT2D eigenvalue weighted by Crippen LogP contribution is -2.42. The Balaban J connectivity index is 2.13. The van der Waals surface area contributed by atoms with Crippen LogP contribution in [0.4, 0.5) is 0 Å². The summed E-state index contributed by atoms with van der Waals surface area (Å²) in [6.07, 6.45) is -0.621. The van der Waals surface area contributed by atoms with Crippen LogP contribution in [-0.2, 0) is 4.74 Å². The molecule has 0 spiro atoms. The normalized spacial score (nSPS) is 28.1. The van der Waals surface area contributed by atoms with Gasteiger partial charge in [0.2, 0.25) is 0 Å². The average molecular weight is 251 g/mol. The first kappa shape index (κ1) is 13.3. The van der Waals surface area contributed by atoms with Gasteiger partial charge >= 0.3 is 0 Å². The van der Waals surface area contributed by atoms with Crippen molar-refractivity contribution in [3.8, 4) is 5.75 Å². The average Bonchev–Trinajstić information content (AvgIpc) is 2.62. The highest BCUT2D eigenvalue weighted by atomic mass is 16.5. The molecule has 0 aromatic heterocycles. The number of hydrogen-bond acceptors (Lipinski definition) is 4. The molecule has 0 aliphatic carbocycles. The molecule has 3 atom stereocenters. The molecule has 100 valence electrons. The van der Waals surface area contributed by atoms with Gasteiger partial charge in [0.1, 0.15) is 11.5 Å². The maximum absolute atomic E-state index is 10.4. The van der Waals surface area contributed by atoms with Gasteiger partial charge in [-0.05, 0) is 38.5 Å². The van der Waals surface area contributed by atoms with Gasteiger partial charge < -0.3 is 14.6 Å². The van der Waals surface area contributed by atoms with Crippen LogP contribution in [0.25, 0.3) is 0 Å². The van der Waals surface area contributed by atoms with E-state index in [9.17, 15) is 5.11 Å². The van der Waals surface area contributed by atoms with Gasteiger partial charge in [0.05, 0.1) is 25.4 Å². The summed E-state index contributed by atoms with van der Waals surface area (Å²) in [6.45, 7) is 5.90. The van der Waals surface area contributed by atoms with E-state index < -0.39 is 11.8 Å². The summed E-state index contributed by atoms with van der Waals surface area (Å²) in [4.78, 5) is 0. The second-order valence-electron chi connectivity index (χ2n) is 5.22. The third-order valence-electron chi connectivity index (χ3n) is 3.30. The van der Waals surface area contributed by atoms with Gasteiger partial charge in [-0.25, -0.2) is 0 Å². The largest absolute Gasteiger partial charge is 0.497 e. The number of aliphatic hydroxyl groups excluding tert-OH is 1. The Morgan fingerprint density at radius 1 is 1.33 bits per heavy atom. The molecule has 2 N–H and O–H groups in total. The summed E-state index contributed by atoms with van der Waals surface area (Å²) in [5.74, 6) is 0.787. The third-order valence-corrected chi connectivity index (χ3v) is 3.30. The van der Waals surface area contributed by atoms with Crippen LogP contribution < -0.4 is 10.1 Å². The number of hydrogen-bond donors (Lipinski definition) is 2. The minimum Gasteiger partial charge on any atom is -0.497 e. The molecular formula is C14H21NO3. The van der Waals surface area contributed by atoms with E-state index in [1.165, 1.54) is 0 Å². The highest BCUT2D eigenvalue weighted by Crippen LogP contribution is 2.30. The molecule has 0 radical (unpaired) electrons. The number of nitrogens with one attached hydrogen (secondary N) is 1. The molecule has 1 aromatic rings. The van der Waals surface area contributed by atoms with Crippen molar-refractivity contribution < 1.29 is 14.6 Å². The van der Waals surface area contributed by atoms with Crippen LogP contribution in [0, 0.1) is 0 Å². The third kappa shape index (κ3) is 2.66. The Labute approximate surface area is 108 Å². The number of methoxy groups -OCH3 is 1. The first-order chi connectivity index (χ1) is 8.43. The Morgan fingerprint density at radius 3 is 2.39 bits per heavy atom. The SMILES string of the molecule is COc1ccc([C@@H](O)[C@H]2NC(C)(C)O[C@@H]2C)cc1. The van der Waals surface area contributed by atoms with E-state index in [0.717, 1.165) is 11.3 Å². The summed E-state index contributed by atoms with van der Waals surface area (Å²) >= 11 is 0. The minimum absolute atomic E-state index is 0.0305. The molecule has 0 bridgehead atoms. The van der Waals surface area contributed by atoms with Crippen LogP contribution in [0.3, 0.4) is 0 Å². The molecule has 0 amide bonds. The molecule has 4 heteroatoms. The molecular weight excluding hydrogens is 230 g/mol. The van der Waals surface area contributed by atoms with Crippen LogP contribution >= 0.6 is 0 Å². The van der Waals surface area contributed by atoms with Crippen molar-refractivity contribution >= 4 is 0 Å². The number of aliphatic hydroxyl groups is 1. The fraction of sp³-hybridized carbons (Fsp3) is 0.571. The minimum atomic E-state index is -0.590. The molecule has 0 saturated carbocycles. The monoisotopic (exact) mass is 251 g/mol. The van der Waals surface area contributed by atoms with Crippen molar-refractivity contribution in [2.75, 3.05) is 7.11 Å². The number of ether oxygens (including phenoxy) is 2. The first-order valence-electron chi connectivity index (χ1n) is 6.20. The van der Waals surface area contributed by atoms with Gasteiger partial charge in [-0.2, -0.15) is 0 Å². The first-order valence-corrected chi connectivity index (χ1v) is 6.20. The molecule has 1 aliphatic rings. The van der Waals surface area contributed by atoms with E-state index in [2.05, 4.69) is 5.32 Å². The summed E-state index contributed by atoms with van der Waals surface area (Å²) in [7, 11) is 1.63. The highest BCUT2D eigenvalue weighted by molar-refractivity contribution is 5.29. The number of rotatable bonds is 3. The molecule has 1 saturated heterocycles. The lowest BCUT2D eigenvalue weighted by molar-refractivity contribution is -0.0204. The molecule has 1 heterocycles. The molecule has 2 rings (SSSR count). The summed E-state index contributed by atoms with van der Waals surface area (Å²) in [5.41, 5.74) is 0.471. The van der Waals surface area contributed by atoms with Gasteiger partial charge in [-0.3, -0.25) is 5.32 Å². The van der Waals surface area contributed by atoms with Crippen molar-refractivity contribution in [2.45, 2.75) is 44.7 Å². The van der Waals surface area contributed by atoms with Gasteiger partial charge in [0.25, 0.3) is 0 Å². The maximum atomic E-state index is 10.4. The number of benzene rings is 1. The molecule has 1 aliphatic heterocycles. The van der Waals surface area contributed by atoms with E-state index in [-0.39, 0.29) is 12.1 Å². The Bertz CT molecular complexity index is 402. The predicted octanol–water partition coefficient (Wildman–Crippen LogP) is 1.84. The van der Waals surface area contributed by atoms with Crippen LogP contribution in [-0.4, -0.2) is 30.1 Å². The maximum Gasteiger partial charge on any atom is 0.118 e. The van der Waals surface area contributed by atoms with Gasteiger partial charge in [-0.15, -0.1) is 0 Å². The Kier molecular flexibility index (Phi) is 3.61. The smallest absolute Gasteiger partial charge is 0.118 e. The van der Waals surface area contributed by atoms with Crippen molar-refractivity contribution in [1.82, 2.24) is 5.32 Å². The zero-order valence-corrected chi connectivity index (χ0v) is 11.3. The van der Waals surface area contributed by atoms with Gasteiger partial charge in [0.15, 0.2) is 0 Å². The topological polar surface area (TPSA) is 50.7 Å². The fourth-order valence-electron chi connectivity index (χ4n) is 2.43. The summed E-state index contributed by atoms with van der Waals surface area (Å²) in [6, 6.07) is 7.36.